The first kappa shape index (κ1) is 20.1. The highest BCUT2D eigenvalue weighted by atomic mass is 16.4. The van der Waals surface area contributed by atoms with E-state index in [0.29, 0.717) is 6.54 Å². The number of carbonyl (C=O) groups is 1. The van der Waals surface area contributed by atoms with Crippen LogP contribution in [0.4, 0.5) is 0 Å². The molecule has 2 unspecified atom stereocenters. The lowest BCUT2D eigenvalue weighted by Crippen LogP contribution is -2.18. The second-order valence-electron chi connectivity index (χ2n) is 7.60. The molecule has 2 aromatic heterocycles. The molecule has 0 saturated heterocycles. The van der Waals surface area contributed by atoms with Gasteiger partial charge in [0.05, 0.1) is 12.5 Å². The molecule has 5 nitrogen and oxygen atoms in total. The molecular formula is C23H29N3O2. The lowest BCUT2D eigenvalue weighted by atomic mass is 9.85. The van der Waals surface area contributed by atoms with Crippen molar-refractivity contribution in [2.45, 2.75) is 59.9 Å². The van der Waals surface area contributed by atoms with Crippen LogP contribution in [0.1, 0.15) is 61.3 Å². The topological polar surface area (TPSA) is 68.0 Å². The number of nitrogens with zero attached hydrogens (tertiary/aromatic N) is 3. The standard InChI is InChI=1S/C23H29N3O2/c1-6-19(16(5)23(27)28)18-10-8-17(9-11-18)13-26-20(7-2)25-21-14(3)12-15(4)24-22(21)26/h8-12,16,19H,6-7,13H2,1-5H3,(H,27,28). The van der Waals surface area contributed by atoms with Crippen LogP contribution in [-0.2, 0) is 17.8 Å². The van der Waals surface area contributed by atoms with E-state index in [1.807, 2.05) is 13.8 Å². The van der Waals surface area contributed by atoms with Crippen LogP contribution < -0.4 is 0 Å². The Hall–Kier alpha value is -2.69. The van der Waals surface area contributed by atoms with E-state index in [9.17, 15) is 9.90 Å². The van der Waals surface area contributed by atoms with Crippen molar-refractivity contribution in [3.8, 4) is 0 Å². The maximum Gasteiger partial charge on any atom is 0.306 e. The summed E-state index contributed by atoms with van der Waals surface area (Å²) >= 11 is 0. The van der Waals surface area contributed by atoms with E-state index in [4.69, 9.17) is 9.97 Å². The van der Waals surface area contributed by atoms with E-state index in [1.54, 1.807) is 6.92 Å². The summed E-state index contributed by atoms with van der Waals surface area (Å²) in [5.41, 5.74) is 6.30. The van der Waals surface area contributed by atoms with Crippen molar-refractivity contribution in [3.63, 3.8) is 0 Å². The molecule has 1 N–H and O–H groups in total. The number of carboxylic acid groups (broad SMARTS) is 1. The van der Waals surface area contributed by atoms with Gasteiger partial charge >= 0.3 is 5.97 Å². The highest BCUT2D eigenvalue weighted by Crippen LogP contribution is 2.29. The smallest absolute Gasteiger partial charge is 0.306 e. The van der Waals surface area contributed by atoms with Gasteiger partial charge in [-0.3, -0.25) is 4.79 Å². The van der Waals surface area contributed by atoms with Crippen LogP contribution in [0.5, 0.6) is 0 Å². The van der Waals surface area contributed by atoms with E-state index < -0.39 is 11.9 Å². The Kier molecular flexibility index (Phi) is 5.82. The van der Waals surface area contributed by atoms with Crippen LogP contribution in [0.2, 0.25) is 0 Å². The van der Waals surface area contributed by atoms with E-state index in [1.165, 1.54) is 0 Å². The third kappa shape index (κ3) is 3.79. The van der Waals surface area contributed by atoms with E-state index in [0.717, 1.165) is 52.2 Å². The molecule has 1 aromatic carbocycles. The Morgan fingerprint density at radius 3 is 2.39 bits per heavy atom. The number of aryl methyl sites for hydroxylation is 3. The van der Waals surface area contributed by atoms with Gasteiger partial charge in [0.25, 0.3) is 0 Å². The van der Waals surface area contributed by atoms with Gasteiger partial charge in [-0.2, -0.15) is 0 Å². The van der Waals surface area contributed by atoms with Crippen molar-refractivity contribution < 1.29 is 9.90 Å². The third-order valence-corrected chi connectivity index (χ3v) is 5.60. The van der Waals surface area contributed by atoms with Gasteiger partial charge in [-0.15, -0.1) is 0 Å². The fourth-order valence-electron chi connectivity index (χ4n) is 3.99. The molecule has 0 aliphatic heterocycles. The highest BCUT2D eigenvalue weighted by Gasteiger charge is 2.23. The summed E-state index contributed by atoms with van der Waals surface area (Å²) < 4.78 is 2.20. The van der Waals surface area contributed by atoms with Crippen LogP contribution >= 0.6 is 0 Å². The summed E-state index contributed by atoms with van der Waals surface area (Å²) in [7, 11) is 0. The van der Waals surface area contributed by atoms with Gasteiger partial charge < -0.3 is 9.67 Å². The monoisotopic (exact) mass is 379 g/mol. The average Bonchev–Trinajstić information content (AvgIpc) is 3.01. The summed E-state index contributed by atoms with van der Waals surface area (Å²) in [6.45, 7) is 10.7. The summed E-state index contributed by atoms with van der Waals surface area (Å²) in [4.78, 5) is 20.9. The number of hydrogen-bond donors (Lipinski definition) is 1. The van der Waals surface area contributed by atoms with Gasteiger partial charge in [0, 0.05) is 12.1 Å². The molecule has 148 valence electrons. The lowest BCUT2D eigenvalue weighted by molar-refractivity contribution is -0.141. The number of benzene rings is 1. The van der Waals surface area contributed by atoms with Gasteiger partial charge in [0.15, 0.2) is 5.65 Å². The molecule has 0 aliphatic carbocycles. The summed E-state index contributed by atoms with van der Waals surface area (Å²) in [5.74, 6) is -0.0782. The molecule has 5 heteroatoms. The van der Waals surface area contributed by atoms with Crippen LogP contribution in [0.15, 0.2) is 30.3 Å². The van der Waals surface area contributed by atoms with Gasteiger partial charge in [-0.1, -0.05) is 45.0 Å². The van der Waals surface area contributed by atoms with E-state index >= 15 is 0 Å². The fraction of sp³-hybridized carbons (Fsp3) is 0.435. The first-order valence-corrected chi connectivity index (χ1v) is 10.0. The second kappa shape index (κ2) is 8.13. The van der Waals surface area contributed by atoms with Crippen molar-refractivity contribution in [1.82, 2.24) is 14.5 Å². The minimum Gasteiger partial charge on any atom is -0.481 e. The highest BCUT2D eigenvalue weighted by molar-refractivity contribution is 5.76. The number of carboxylic acids is 1. The molecule has 3 aromatic rings. The predicted octanol–water partition coefficient (Wildman–Crippen LogP) is 4.87. The molecule has 3 rings (SSSR count). The van der Waals surface area contributed by atoms with Crippen LogP contribution in [-0.4, -0.2) is 25.6 Å². The second-order valence-corrected chi connectivity index (χ2v) is 7.60. The van der Waals surface area contributed by atoms with Crippen LogP contribution in [0.3, 0.4) is 0 Å². The quantitative estimate of drug-likeness (QED) is 0.636. The van der Waals surface area contributed by atoms with Gasteiger partial charge in [0.1, 0.15) is 11.3 Å². The normalized spacial score (nSPS) is 13.6. The van der Waals surface area contributed by atoms with Crippen LogP contribution in [0.25, 0.3) is 11.2 Å². The number of aromatic nitrogens is 3. The SMILES string of the molecule is CCc1nc2c(C)cc(C)nc2n1Cc1ccc(C(CC)C(C)C(=O)O)cc1. The number of fused-ring (bicyclic) bond motifs is 1. The van der Waals surface area contributed by atoms with Gasteiger partial charge in [-0.25, -0.2) is 9.97 Å². The zero-order valence-corrected chi connectivity index (χ0v) is 17.4. The molecule has 0 fully saturated rings. The minimum absolute atomic E-state index is 0.0267. The molecule has 0 bridgehead atoms. The van der Waals surface area contributed by atoms with Gasteiger partial charge in [0.2, 0.25) is 0 Å². The maximum absolute atomic E-state index is 11.4. The number of pyridine rings is 1. The number of hydrogen-bond acceptors (Lipinski definition) is 3. The minimum atomic E-state index is -0.745. The summed E-state index contributed by atoms with van der Waals surface area (Å²) in [5, 5.41) is 9.36. The van der Waals surface area contributed by atoms with Gasteiger partial charge in [-0.05, 0) is 48.9 Å². The predicted molar refractivity (Wildman–Crippen MR) is 112 cm³/mol. The Bertz CT molecular complexity index is 989. The molecule has 0 saturated carbocycles. The Balaban J connectivity index is 1.93. The summed E-state index contributed by atoms with van der Waals surface area (Å²) in [6.07, 6.45) is 1.66. The Labute approximate surface area is 166 Å². The third-order valence-electron chi connectivity index (χ3n) is 5.60. The molecule has 0 spiro atoms. The van der Waals surface area contributed by atoms with Crippen molar-refractivity contribution >= 4 is 17.1 Å². The molecule has 0 amide bonds. The molecule has 0 radical (unpaired) electrons. The largest absolute Gasteiger partial charge is 0.481 e. The van der Waals surface area contributed by atoms with E-state index in [-0.39, 0.29) is 5.92 Å². The maximum atomic E-state index is 11.4. The molecule has 0 aliphatic rings. The van der Waals surface area contributed by atoms with E-state index in [2.05, 4.69) is 48.7 Å². The summed E-state index contributed by atoms with van der Waals surface area (Å²) in [6, 6.07) is 10.4. The van der Waals surface area contributed by atoms with Crippen LogP contribution in [0, 0.1) is 19.8 Å². The Morgan fingerprint density at radius 2 is 1.82 bits per heavy atom. The Morgan fingerprint density at radius 1 is 1.14 bits per heavy atom. The van der Waals surface area contributed by atoms with Crippen molar-refractivity contribution in [1.29, 1.82) is 0 Å². The number of aliphatic carboxylic acids is 1. The first-order valence-electron chi connectivity index (χ1n) is 10.0. The van der Waals surface area contributed by atoms with Crippen molar-refractivity contribution in [2.24, 2.45) is 5.92 Å². The average molecular weight is 380 g/mol. The number of rotatable bonds is 7. The zero-order valence-electron chi connectivity index (χ0n) is 17.4. The van der Waals surface area contributed by atoms with Crippen molar-refractivity contribution in [3.05, 3.63) is 58.5 Å². The van der Waals surface area contributed by atoms with Crippen molar-refractivity contribution in [2.75, 3.05) is 0 Å². The molecular weight excluding hydrogens is 350 g/mol. The lowest BCUT2D eigenvalue weighted by Gasteiger charge is -2.20. The number of imidazole rings is 1. The molecule has 28 heavy (non-hydrogen) atoms. The first-order chi connectivity index (χ1) is 13.3. The zero-order chi connectivity index (χ0) is 20.4. The molecule has 2 heterocycles. The molecule has 2 atom stereocenters. The fourth-order valence-corrected chi connectivity index (χ4v) is 3.99.